The van der Waals surface area contributed by atoms with E-state index in [-0.39, 0.29) is 19.4 Å². The van der Waals surface area contributed by atoms with Gasteiger partial charge >= 0.3 is 19.8 Å². The molecule has 0 rings (SSSR count). The highest BCUT2D eigenvalue weighted by molar-refractivity contribution is 7.47. The first-order valence-corrected chi connectivity index (χ1v) is 22.4. The lowest BCUT2D eigenvalue weighted by Gasteiger charge is -2.20. The van der Waals surface area contributed by atoms with Gasteiger partial charge in [0.15, 0.2) is 6.10 Å². The monoisotopic (exact) mass is 773 g/mol. The number of phosphoric ester groups is 1. The molecule has 0 aliphatic carbocycles. The maximum atomic E-state index is 12.6. The maximum absolute atomic E-state index is 12.6. The molecule has 11 heteroatoms. The fourth-order valence-corrected chi connectivity index (χ4v) is 6.29. The molecule has 53 heavy (non-hydrogen) atoms. The molecule has 0 saturated heterocycles. The zero-order chi connectivity index (χ0) is 39.1. The Labute approximate surface area is 322 Å². The van der Waals surface area contributed by atoms with E-state index in [0.29, 0.717) is 12.8 Å². The summed E-state index contributed by atoms with van der Waals surface area (Å²) in [5.74, 6) is -0.946. The number of esters is 2. The summed E-state index contributed by atoms with van der Waals surface area (Å²) >= 11 is 0. The predicted octanol–water partition coefficient (Wildman–Crippen LogP) is 10.8. The smallest absolute Gasteiger partial charge is 0.462 e. The van der Waals surface area contributed by atoms with Crippen molar-refractivity contribution in [2.45, 2.75) is 193 Å². The topological polar surface area (TPSA) is 149 Å². The van der Waals surface area contributed by atoms with Crippen LogP contribution in [0, 0.1) is 0 Å². The molecule has 10 nitrogen and oxygen atoms in total. The normalized spacial score (nSPS) is 14.3. The minimum Gasteiger partial charge on any atom is -0.462 e. The molecule has 0 aromatic carbocycles. The van der Waals surface area contributed by atoms with E-state index < -0.39 is 51.8 Å². The predicted molar refractivity (Wildman–Crippen MR) is 214 cm³/mol. The van der Waals surface area contributed by atoms with Crippen LogP contribution in [0.5, 0.6) is 0 Å². The first-order chi connectivity index (χ1) is 25.7. The molecule has 0 aliphatic heterocycles. The zero-order valence-electron chi connectivity index (χ0n) is 33.5. The van der Waals surface area contributed by atoms with E-state index >= 15 is 0 Å². The molecule has 0 heterocycles. The summed E-state index contributed by atoms with van der Waals surface area (Å²) in [6, 6.07) is 0. The number of aliphatic hydroxyl groups excluding tert-OH is 2. The van der Waals surface area contributed by atoms with Crippen LogP contribution in [0.2, 0.25) is 0 Å². The quantitative estimate of drug-likeness (QED) is 0.0238. The number of carbonyl (C=O) groups excluding carboxylic acids is 2. The van der Waals surface area contributed by atoms with E-state index in [1.165, 1.54) is 70.6 Å². The van der Waals surface area contributed by atoms with Crippen molar-refractivity contribution in [3.8, 4) is 0 Å². The van der Waals surface area contributed by atoms with Crippen molar-refractivity contribution in [2.24, 2.45) is 0 Å². The summed E-state index contributed by atoms with van der Waals surface area (Å²) in [5, 5.41) is 18.3. The molecule has 0 aromatic rings. The number of carbonyl (C=O) groups is 2. The lowest BCUT2D eigenvalue weighted by Crippen LogP contribution is -2.29. The highest BCUT2D eigenvalue weighted by Crippen LogP contribution is 2.43. The van der Waals surface area contributed by atoms with E-state index in [0.717, 1.165) is 70.6 Å². The van der Waals surface area contributed by atoms with Gasteiger partial charge in [0.1, 0.15) is 12.7 Å². The molecule has 3 unspecified atom stereocenters. The van der Waals surface area contributed by atoms with E-state index in [9.17, 15) is 24.2 Å². The molecule has 0 bridgehead atoms. The van der Waals surface area contributed by atoms with E-state index in [4.69, 9.17) is 19.1 Å². The summed E-state index contributed by atoms with van der Waals surface area (Å²) in [6.45, 7) is 2.29. The van der Waals surface area contributed by atoms with Gasteiger partial charge < -0.3 is 24.6 Å². The van der Waals surface area contributed by atoms with Gasteiger partial charge in [-0.2, -0.15) is 0 Å². The van der Waals surface area contributed by atoms with Crippen molar-refractivity contribution < 1.29 is 47.8 Å². The third-order valence-corrected chi connectivity index (χ3v) is 9.70. The van der Waals surface area contributed by atoms with Crippen molar-refractivity contribution in [1.29, 1.82) is 0 Å². The number of allylic oxidation sites excluding steroid dienone is 6. The molecule has 0 aromatic heterocycles. The Morgan fingerprint density at radius 3 is 1.55 bits per heavy atom. The number of hydrogen-bond donors (Lipinski definition) is 3. The van der Waals surface area contributed by atoms with Gasteiger partial charge in [-0.05, 0) is 64.2 Å². The van der Waals surface area contributed by atoms with Crippen LogP contribution in [-0.4, -0.2) is 65.7 Å². The molecular formula is C42H77O10P. The Morgan fingerprint density at radius 1 is 0.566 bits per heavy atom. The van der Waals surface area contributed by atoms with Gasteiger partial charge in [-0.25, -0.2) is 4.57 Å². The van der Waals surface area contributed by atoms with Crippen molar-refractivity contribution in [2.75, 3.05) is 26.4 Å². The minimum atomic E-state index is -4.62. The van der Waals surface area contributed by atoms with Crippen molar-refractivity contribution in [3.05, 3.63) is 36.5 Å². The van der Waals surface area contributed by atoms with Gasteiger partial charge in [0.25, 0.3) is 0 Å². The van der Waals surface area contributed by atoms with E-state index in [1.54, 1.807) is 0 Å². The summed E-state index contributed by atoms with van der Waals surface area (Å²) in [4.78, 5) is 34.9. The van der Waals surface area contributed by atoms with Gasteiger partial charge in [-0.15, -0.1) is 0 Å². The molecular weight excluding hydrogens is 695 g/mol. The Kier molecular flexibility index (Phi) is 37.2. The SMILES string of the molecule is CCC/C=C\C/C=C\CCCCCCCC(=O)OC(COC(=O)CCCCCCCCC/C=C\CCCCCCCC)COP(=O)(O)OCC(O)CO. The molecule has 0 saturated carbocycles. The lowest BCUT2D eigenvalue weighted by atomic mass is 10.1. The van der Waals surface area contributed by atoms with E-state index in [2.05, 4.69) is 54.8 Å². The van der Waals surface area contributed by atoms with Crippen LogP contribution in [-0.2, 0) is 32.7 Å². The second-order valence-electron chi connectivity index (χ2n) is 14.0. The number of aliphatic hydroxyl groups is 2. The molecule has 0 radical (unpaired) electrons. The van der Waals surface area contributed by atoms with Gasteiger partial charge in [0.2, 0.25) is 0 Å². The standard InChI is InChI=1S/C42H77O10P/c1-3-5-7-9-11-13-15-17-18-19-20-22-23-25-27-29-31-33-41(45)49-37-40(38-51-53(47,48)50-36-39(44)35-43)52-42(46)34-32-30-28-26-24-21-16-14-12-10-8-6-4-2/h8,10,14,16-18,39-40,43-44H,3-7,9,11-13,15,19-38H2,1-2H3,(H,47,48)/b10-8-,16-14-,18-17-. The van der Waals surface area contributed by atoms with Gasteiger partial charge in [0.05, 0.1) is 19.8 Å². The van der Waals surface area contributed by atoms with Crippen LogP contribution in [0.25, 0.3) is 0 Å². The molecule has 0 fully saturated rings. The van der Waals surface area contributed by atoms with Gasteiger partial charge in [-0.3, -0.25) is 18.6 Å². The Balaban J connectivity index is 4.31. The van der Waals surface area contributed by atoms with Crippen LogP contribution in [0.1, 0.15) is 181 Å². The number of rotatable bonds is 39. The summed E-state index contributed by atoms with van der Waals surface area (Å²) < 4.78 is 32.6. The average Bonchev–Trinajstić information content (AvgIpc) is 3.14. The third kappa shape index (κ3) is 38.3. The number of unbranched alkanes of at least 4 members (excludes halogenated alkanes) is 19. The Morgan fingerprint density at radius 2 is 1.02 bits per heavy atom. The van der Waals surface area contributed by atoms with Crippen molar-refractivity contribution >= 4 is 19.8 Å². The molecule has 0 spiro atoms. The van der Waals surface area contributed by atoms with Crippen molar-refractivity contribution in [1.82, 2.24) is 0 Å². The number of ether oxygens (including phenoxy) is 2. The second-order valence-corrected chi connectivity index (χ2v) is 15.5. The summed E-state index contributed by atoms with van der Waals surface area (Å²) in [6.07, 6.45) is 38.2. The summed E-state index contributed by atoms with van der Waals surface area (Å²) in [5.41, 5.74) is 0. The number of hydrogen-bond acceptors (Lipinski definition) is 9. The average molecular weight is 773 g/mol. The fraction of sp³-hybridized carbons (Fsp3) is 0.810. The fourth-order valence-electron chi connectivity index (χ4n) is 5.50. The van der Waals surface area contributed by atoms with Crippen LogP contribution < -0.4 is 0 Å². The zero-order valence-corrected chi connectivity index (χ0v) is 34.4. The first-order valence-electron chi connectivity index (χ1n) is 20.9. The number of phosphoric acid groups is 1. The molecule has 0 amide bonds. The minimum absolute atomic E-state index is 0.167. The highest BCUT2D eigenvalue weighted by atomic mass is 31.2. The van der Waals surface area contributed by atoms with Gasteiger partial charge in [-0.1, -0.05) is 140 Å². The van der Waals surface area contributed by atoms with Crippen LogP contribution >= 0.6 is 7.82 Å². The molecule has 310 valence electrons. The largest absolute Gasteiger partial charge is 0.472 e. The molecule has 3 N–H and O–H groups in total. The van der Waals surface area contributed by atoms with Crippen LogP contribution in [0.15, 0.2) is 36.5 Å². The molecule has 3 atom stereocenters. The maximum Gasteiger partial charge on any atom is 0.472 e. The van der Waals surface area contributed by atoms with Gasteiger partial charge in [0, 0.05) is 12.8 Å². The van der Waals surface area contributed by atoms with Crippen molar-refractivity contribution in [3.63, 3.8) is 0 Å². The first kappa shape index (κ1) is 51.2. The van der Waals surface area contributed by atoms with E-state index in [1.807, 2.05) is 0 Å². The highest BCUT2D eigenvalue weighted by Gasteiger charge is 2.27. The Hall–Kier alpha value is -1.81. The molecule has 0 aliphatic rings. The van der Waals surface area contributed by atoms with Crippen LogP contribution in [0.3, 0.4) is 0 Å². The second kappa shape index (κ2) is 38.5. The van der Waals surface area contributed by atoms with Crippen LogP contribution in [0.4, 0.5) is 0 Å². The Bertz CT molecular complexity index is 983. The summed E-state index contributed by atoms with van der Waals surface area (Å²) in [7, 11) is -4.62. The lowest BCUT2D eigenvalue weighted by molar-refractivity contribution is -0.161. The third-order valence-electron chi connectivity index (χ3n) is 8.75.